The van der Waals surface area contributed by atoms with E-state index in [-0.39, 0.29) is 11.4 Å². The zero-order chi connectivity index (χ0) is 15.9. The lowest BCUT2D eigenvalue weighted by Crippen LogP contribution is -2.24. The van der Waals surface area contributed by atoms with Crippen LogP contribution in [0.4, 0.5) is 0 Å². The lowest BCUT2D eigenvalue weighted by atomic mass is 9.96. The SMILES string of the molecule is C=CC(C)CCCC(C)(C)OCc1ccc(O)c(OC)c1. The van der Waals surface area contributed by atoms with Crippen molar-refractivity contribution in [1.82, 2.24) is 0 Å². The Morgan fingerprint density at radius 3 is 2.71 bits per heavy atom. The first-order valence-corrected chi connectivity index (χ1v) is 7.50. The zero-order valence-corrected chi connectivity index (χ0v) is 13.7. The maximum absolute atomic E-state index is 9.58. The maximum atomic E-state index is 9.58. The van der Waals surface area contributed by atoms with Gasteiger partial charge in [-0.25, -0.2) is 0 Å². The lowest BCUT2D eigenvalue weighted by molar-refractivity contribution is -0.0367. The number of rotatable bonds is 9. The van der Waals surface area contributed by atoms with E-state index in [1.165, 1.54) is 0 Å². The van der Waals surface area contributed by atoms with Crippen LogP contribution in [0.1, 0.15) is 45.6 Å². The Labute approximate surface area is 128 Å². The van der Waals surface area contributed by atoms with Gasteiger partial charge in [-0.2, -0.15) is 0 Å². The third kappa shape index (κ3) is 6.21. The molecule has 3 nitrogen and oxygen atoms in total. The highest BCUT2D eigenvalue weighted by atomic mass is 16.5. The Bertz CT molecular complexity index is 452. The number of allylic oxidation sites excluding steroid dienone is 1. The highest BCUT2D eigenvalue weighted by molar-refractivity contribution is 5.41. The molecule has 0 aromatic heterocycles. The van der Waals surface area contributed by atoms with Crippen LogP contribution < -0.4 is 4.74 Å². The molecule has 1 unspecified atom stereocenters. The Morgan fingerprint density at radius 1 is 1.38 bits per heavy atom. The third-order valence-electron chi connectivity index (χ3n) is 3.71. The summed E-state index contributed by atoms with van der Waals surface area (Å²) in [6.45, 7) is 10.7. The summed E-state index contributed by atoms with van der Waals surface area (Å²) < 4.78 is 11.1. The van der Waals surface area contributed by atoms with Crippen LogP contribution in [0.25, 0.3) is 0 Å². The Kier molecular flexibility index (Phi) is 6.76. The van der Waals surface area contributed by atoms with Crippen molar-refractivity contribution >= 4 is 0 Å². The average molecular weight is 292 g/mol. The quantitative estimate of drug-likeness (QED) is 0.671. The van der Waals surface area contributed by atoms with Gasteiger partial charge in [-0.15, -0.1) is 6.58 Å². The number of benzene rings is 1. The summed E-state index contributed by atoms with van der Waals surface area (Å²) in [6.07, 6.45) is 5.28. The summed E-state index contributed by atoms with van der Waals surface area (Å²) in [7, 11) is 1.55. The highest BCUT2D eigenvalue weighted by Crippen LogP contribution is 2.28. The summed E-state index contributed by atoms with van der Waals surface area (Å²) in [4.78, 5) is 0. The van der Waals surface area contributed by atoms with Gasteiger partial charge in [0.1, 0.15) is 0 Å². The van der Waals surface area contributed by atoms with Crippen molar-refractivity contribution in [3.8, 4) is 11.5 Å². The summed E-state index contributed by atoms with van der Waals surface area (Å²) in [5.74, 6) is 1.19. The minimum atomic E-state index is -0.161. The summed E-state index contributed by atoms with van der Waals surface area (Å²) >= 11 is 0. The van der Waals surface area contributed by atoms with Crippen LogP contribution in [-0.4, -0.2) is 17.8 Å². The standard InChI is InChI=1S/C18H28O3/c1-6-14(2)8-7-11-18(3,4)21-13-15-9-10-16(19)17(12-15)20-5/h6,9-10,12,14,19H,1,7-8,11,13H2,2-5H3. The van der Waals surface area contributed by atoms with Crippen LogP contribution >= 0.6 is 0 Å². The molecule has 3 heteroatoms. The summed E-state index contributed by atoms with van der Waals surface area (Å²) in [5, 5.41) is 9.58. The molecule has 1 rings (SSSR count). The van der Waals surface area contributed by atoms with E-state index in [1.807, 2.05) is 18.2 Å². The largest absolute Gasteiger partial charge is 0.504 e. The molecule has 118 valence electrons. The fraction of sp³-hybridized carbons (Fsp3) is 0.556. The van der Waals surface area contributed by atoms with E-state index < -0.39 is 0 Å². The van der Waals surface area contributed by atoms with Crippen molar-refractivity contribution in [2.24, 2.45) is 5.92 Å². The number of phenolic OH excluding ortho intramolecular Hbond substituents is 1. The summed E-state index contributed by atoms with van der Waals surface area (Å²) in [5.41, 5.74) is 0.837. The van der Waals surface area contributed by atoms with Crippen LogP contribution in [0.5, 0.6) is 11.5 Å². The number of hydrogen-bond acceptors (Lipinski definition) is 3. The smallest absolute Gasteiger partial charge is 0.160 e. The molecule has 0 aliphatic rings. The molecule has 0 spiro atoms. The van der Waals surface area contributed by atoms with Gasteiger partial charge >= 0.3 is 0 Å². The molecule has 0 amide bonds. The van der Waals surface area contributed by atoms with Crippen LogP contribution in [0.2, 0.25) is 0 Å². The fourth-order valence-corrected chi connectivity index (χ4v) is 2.13. The molecular formula is C18H28O3. The first-order valence-electron chi connectivity index (χ1n) is 7.50. The normalized spacial score (nSPS) is 13.0. The predicted octanol–water partition coefficient (Wildman–Crippen LogP) is 4.69. The molecule has 0 heterocycles. The van der Waals surface area contributed by atoms with Gasteiger partial charge < -0.3 is 14.6 Å². The van der Waals surface area contributed by atoms with Gasteiger partial charge in [0.15, 0.2) is 11.5 Å². The van der Waals surface area contributed by atoms with Gasteiger partial charge in [0, 0.05) is 0 Å². The Hall–Kier alpha value is -1.48. The van der Waals surface area contributed by atoms with Crippen molar-refractivity contribution in [1.29, 1.82) is 0 Å². The molecule has 0 bridgehead atoms. The van der Waals surface area contributed by atoms with Crippen molar-refractivity contribution < 1.29 is 14.6 Å². The van der Waals surface area contributed by atoms with Crippen LogP contribution in [0.3, 0.4) is 0 Å². The van der Waals surface area contributed by atoms with Gasteiger partial charge in [0.2, 0.25) is 0 Å². The molecule has 1 aromatic carbocycles. The number of ether oxygens (including phenoxy) is 2. The number of hydrogen-bond donors (Lipinski definition) is 1. The molecule has 0 saturated carbocycles. The van der Waals surface area contributed by atoms with E-state index in [4.69, 9.17) is 9.47 Å². The minimum Gasteiger partial charge on any atom is -0.504 e. The first-order chi connectivity index (χ1) is 9.88. The van der Waals surface area contributed by atoms with E-state index in [0.717, 1.165) is 24.8 Å². The number of aromatic hydroxyl groups is 1. The summed E-state index contributed by atoms with van der Waals surface area (Å²) in [6, 6.07) is 5.30. The fourth-order valence-electron chi connectivity index (χ4n) is 2.13. The van der Waals surface area contributed by atoms with Gasteiger partial charge in [-0.3, -0.25) is 0 Å². The van der Waals surface area contributed by atoms with E-state index in [2.05, 4.69) is 27.4 Å². The Morgan fingerprint density at radius 2 is 2.10 bits per heavy atom. The minimum absolute atomic E-state index is 0.152. The molecule has 0 fully saturated rings. The van der Waals surface area contributed by atoms with Crippen molar-refractivity contribution in [3.05, 3.63) is 36.4 Å². The third-order valence-corrected chi connectivity index (χ3v) is 3.71. The van der Waals surface area contributed by atoms with Crippen LogP contribution in [-0.2, 0) is 11.3 Å². The van der Waals surface area contributed by atoms with Crippen molar-refractivity contribution in [3.63, 3.8) is 0 Å². The number of phenols is 1. The molecule has 0 aliphatic heterocycles. The molecule has 1 aromatic rings. The second-order valence-corrected chi connectivity index (χ2v) is 6.16. The number of methoxy groups -OCH3 is 1. The molecule has 1 N–H and O–H groups in total. The van der Waals surface area contributed by atoms with E-state index in [1.54, 1.807) is 13.2 Å². The highest BCUT2D eigenvalue weighted by Gasteiger charge is 2.18. The lowest BCUT2D eigenvalue weighted by Gasteiger charge is -2.26. The predicted molar refractivity (Wildman–Crippen MR) is 86.7 cm³/mol. The van der Waals surface area contributed by atoms with E-state index in [9.17, 15) is 5.11 Å². The second-order valence-electron chi connectivity index (χ2n) is 6.16. The van der Waals surface area contributed by atoms with Gasteiger partial charge in [0.25, 0.3) is 0 Å². The van der Waals surface area contributed by atoms with E-state index in [0.29, 0.717) is 18.3 Å². The van der Waals surface area contributed by atoms with Gasteiger partial charge in [0.05, 0.1) is 19.3 Å². The maximum Gasteiger partial charge on any atom is 0.160 e. The van der Waals surface area contributed by atoms with E-state index >= 15 is 0 Å². The molecule has 0 radical (unpaired) electrons. The van der Waals surface area contributed by atoms with Gasteiger partial charge in [-0.1, -0.05) is 25.5 Å². The van der Waals surface area contributed by atoms with Crippen molar-refractivity contribution in [2.45, 2.75) is 52.2 Å². The molecule has 1 atom stereocenters. The van der Waals surface area contributed by atoms with Crippen LogP contribution in [0.15, 0.2) is 30.9 Å². The second kappa shape index (κ2) is 8.08. The van der Waals surface area contributed by atoms with Crippen LogP contribution in [0, 0.1) is 5.92 Å². The molecular weight excluding hydrogens is 264 g/mol. The monoisotopic (exact) mass is 292 g/mol. The molecule has 21 heavy (non-hydrogen) atoms. The zero-order valence-electron chi connectivity index (χ0n) is 13.7. The topological polar surface area (TPSA) is 38.7 Å². The average Bonchev–Trinajstić information content (AvgIpc) is 2.46. The van der Waals surface area contributed by atoms with Crippen molar-refractivity contribution in [2.75, 3.05) is 7.11 Å². The molecule has 0 saturated heterocycles. The molecule has 0 aliphatic carbocycles. The van der Waals surface area contributed by atoms with Gasteiger partial charge in [-0.05, 0) is 50.3 Å². The Balaban J connectivity index is 2.47. The first kappa shape index (κ1) is 17.6.